The minimum atomic E-state index is -5.44. The molecule has 42 heavy (non-hydrogen) atoms. The molecule has 1 aromatic heterocycles. The summed E-state index contributed by atoms with van der Waals surface area (Å²) < 4.78 is 169. The fourth-order valence-corrected chi connectivity index (χ4v) is 7.85. The number of hydrogen-bond acceptors (Lipinski definition) is 5. The van der Waals surface area contributed by atoms with Crippen molar-refractivity contribution in [2.45, 2.75) is 60.8 Å². The van der Waals surface area contributed by atoms with E-state index in [0.29, 0.717) is 23.9 Å². The van der Waals surface area contributed by atoms with E-state index in [2.05, 4.69) is 20.7 Å². The van der Waals surface area contributed by atoms with Crippen LogP contribution in [0.4, 0.5) is 40.8 Å². The van der Waals surface area contributed by atoms with Crippen molar-refractivity contribution in [2.24, 2.45) is 0 Å². The summed E-state index contributed by atoms with van der Waals surface area (Å²) >= 11 is 2.73. The number of alkyl halides is 7. The Morgan fingerprint density at radius 2 is 1.67 bits per heavy atom. The van der Waals surface area contributed by atoms with E-state index in [9.17, 15) is 52.0 Å². The van der Waals surface area contributed by atoms with Gasteiger partial charge in [-0.3, -0.25) is 4.72 Å². The fraction of sp³-hybridized carbons (Fsp3) is 0.333. The molecular weight excluding hydrogens is 692 g/mol. The highest BCUT2D eigenvalue weighted by Gasteiger charge is 2.60. The second-order valence-corrected chi connectivity index (χ2v) is 13.7. The van der Waals surface area contributed by atoms with Crippen LogP contribution in [-0.4, -0.2) is 39.2 Å². The number of rotatable bonds is 8. The number of aromatic nitrogens is 1. The molecule has 3 aromatic rings. The van der Waals surface area contributed by atoms with E-state index >= 15 is 0 Å². The molecule has 0 aliphatic heterocycles. The van der Waals surface area contributed by atoms with Gasteiger partial charge in [0.1, 0.15) is 10.7 Å². The van der Waals surface area contributed by atoms with Crippen molar-refractivity contribution in [3.8, 4) is 0 Å². The summed E-state index contributed by atoms with van der Waals surface area (Å²) in [5, 5.41) is 0. The lowest BCUT2D eigenvalue weighted by Gasteiger charge is -2.38. The van der Waals surface area contributed by atoms with Gasteiger partial charge in [-0.05, 0) is 49.6 Å². The molecule has 1 N–H and O–H groups in total. The van der Waals surface area contributed by atoms with E-state index in [1.807, 2.05) is 0 Å². The van der Waals surface area contributed by atoms with Gasteiger partial charge in [-0.1, -0.05) is 33.6 Å². The summed E-state index contributed by atoms with van der Waals surface area (Å²) in [4.78, 5) is -1.40. The second kappa shape index (κ2) is 11.1. The van der Waals surface area contributed by atoms with Crippen molar-refractivity contribution in [3.63, 3.8) is 0 Å². The van der Waals surface area contributed by atoms with Gasteiger partial charge in [0.25, 0.3) is 26.5 Å². The Bertz CT molecular complexity index is 1730. The first kappa shape index (κ1) is 32.2. The average Bonchev–Trinajstić information content (AvgIpc) is 3.25. The molecule has 1 atom stereocenters. The zero-order valence-corrected chi connectivity index (χ0v) is 24.2. The van der Waals surface area contributed by atoms with E-state index in [1.165, 1.54) is 12.1 Å². The molecule has 1 aliphatic rings. The number of fused-ring (bicyclic) bond motifs is 1. The third-order valence-corrected chi connectivity index (χ3v) is 10.5. The maximum atomic E-state index is 14.6. The van der Waals surface area contributed by atoms with Crippen LogP contribution in [0.15, 0.2) is 56.9 Å². The Balaban J connectivity index is 1.93. The van der Waals surface area contributed by atoms with Crippen LogP contribution in [0.3, 0.4) is 0 Å². The number of ether oxygens (including phenoxy) is 1. The van der Waals surface area contributed by atoms with Crippen LogP contribution in [0.25, 0.3) is 0 Å². The first-order valence-electron chi connectivity index (χ1n) is 11.7. The number of aryl methyl sites for hydroxylation is 1. The molecule has 0 spiro atoms. The number of benzene rings is 2. The highest BCUT2D eigenvalue weighted by atomic mass is 79.9. The Kier molecular flexibility index (Phi) is 8.51. The van der Waals surface area contributed by atoms with Crippen LogP contribution in [0, 0.1) is 12.7 Å². The SMILES string of the molecule is Cc1ccc(S(=O)(=O)n2cc(S(=O)(=O)Nc3cc(C(F)F)c(Br)cc3F)c3c2C[C@@](OC(F)F)(C(F)(F)F)CC3)cc1. The summed E-state index contributed by atoms with van der Waals surface area (Å²) in [5.74, 6) is -1.31. The van der Waals surface area contributed by atoms with E-state index in [1.54, 1.807) is 11.6 Å². The maximum absolute atomic E-state index is 14.6. The lowest BCUT2D eigenvalue weighted by molar-refractivity contribution is -0.330. The Morgan fingerprint density at radius 1 is 1.05 bits per heavy atom. The van der Waals surface area contributed by atoms with Crippen LogP contribution >= 0.6 is 15.9 Å². The molecule has 0 saturated carbocycles. The molecule has 0 unspecified atom stereocenters. The summed E-state index contributed by atoms with van der Waals surface area (Å²) in [6, 6.07) is 5.96. The lowest BCUT2D eigenvalue weighted by atomic mass is 9.83. The molecule has 0 fully saturated rings. The third-order valence-electron chi connectivity index (χ3n) is 6.64. The van der Waals surface area contributed by atoms with Crippen molar-refractivity contribution >= 4 is 41.7 Å². The highest BCUT2D eigenvalue weighted by molar-refractivity contribution is 9.10. The van der Waals surface area contributed by atoms with Crippen LogP contribution in [0.2, 0.25) is 0 Å². The molecule has 230 valence electrons. The van der Waals surface area contributed by atoms with Crippen molar-refractivity contribution in [3.05, 3.63) is 75.3 Å². The molecule has 18 heteroatoms. The number of nitrogens with one attached hydrogen (secondary N) is 1. The van der Waals surface area contributed by atoms with Crippen molar-refractivity contribution in [2.75, 3.05) is 4.72 Å². The third kappa shape index (κ3) is 5.90. The van der Waals surface area contributed by atoms with Gasteiger partial charge in [0.2, 0.25) is 0 Å². The van der Waals surface area contributed by atoms with Crippen LogP contribution < -0.4 is 4.72 Å². The van der Waals surface area contributed by atoms with Gasteiger partial charge < -0.3 is 4.74 Å². The Morgan fingerprint density at radius 3 is 2.21 bits per heavy atom. The predicted molar refractivity (Wildman–Crippen MR) is 136 cm³/mol. The smallest absolute Gasteiger partial charge is 0.306 e. The monoisotopic (exact) mass is 710 g/mol. The lowest BCUT2D eigenvalue weighted by Crippen LogP contribution is -2.53. The molecule has 0 bridgehead atoms. The van der Waals surface area contributed by atoms with Crippen LogP contribution in [-0.2, 0) is 37.6 Å². The molecule has 0 amide bonds. The standard InChI is InChI=1S/C24H19BrF8N2O5S2/c1-12-2-4-13(5-3-12)42(38,39)35-11-20(14-6-7-23(10-19(14)35,24(31,32)33)40-22(29)30)41(36,37)34-18-8-15(21(27)28)16(25)9-17(18)26/h2-5,8-9,11,21-22,34H,6-7,10H2,1H3/t23-/m1/s1. The van der Waals surface area contributed by atoms with Gasteiger partial charge in [-0.2, -0.15) is 22.0 Å². The first-order chi connectivity index (χ1) is 19.3. The molecule has 4 rings (SSSR count). The normalized spacial score (nSPS) is 18.0. The minimum absolute atomic E-state index is 0.221. The number of halogens is 9. The van der Waals surface area contributed by atoms with E-state index < -0.39 is 102 Å². The summed E-state index contributed by atoms with van der Waals surface area (Å²) in [6.45, 7) is -2.30. The quantitative estimate of drug-likeness (QED) is 0.263. The zero-order chi connectivity index (χ0) is 31.4. The average molecular weight is 711 g/mol. The van der Waals surface area contributed by atoms with Crippen molar-refractivity contribution in [1.29, 1.82) is 0 Å². The molecule has 0 radical (unpaired) electrons. The van der Waals surface area contributed by atoms with Gasteiger partial charge in [0.15, 0.2) is 5.60 Å². The van der Waals surface area contributed by atoms with Crippen LogP contribution in [0.5, 0.6) is 0 Å². The van der Waals surface area contributed by atoms with Gasteiger partial charge >= 0.3 is 12.8 Å². The number of anilines is 1. The number of nitrogens with zero attached hydrogens (tertiary/aromatic N) is 1. The van der Waals surface area contributed by atoms with Gasteiger partial charge in [0, 0.05) is 28.3 Å². The van der Waals surface area contributed by atoms with Gasteiger partial charge in [-0.25, -0.2) is 34.0 Å². The predicted octanol–water partition coefficient (Wildman–Crippen LogP) is 6.70. The summed E-state index contributed by atoms with van der Waals surface area (Å²) in [7, 11) is -9.89. The number of sulfonamides is 1. The van der Waals surface area contributed by atoms with Crippen LogP contribution in [0.1, 0.15) is 35.2 Å². The molecule has 2 aromatic carbocycles. The molecule has 1 aliphatic carbocycles. The van der Waals surface area contributed by atoms with Gasteiger partial charge in [0.05, 0.1) is 10.6 Å². The largest absolute Gasteiger partial charge is 0.418 e. The molecule has 1 heterocycles. The molecular formula is C24H19BrF8N2O5S2. The molecule has 7 nitrogen and oxygen atoms in total. The van der Waals surface area contributed by atoms with E-state index in [-0.39, 0.29) is 8.45 Å². The number of hydrogen-bond donors (Lipinski definition) is 1. The Labute approximate surface area is 242 Å². The fourth-order valence-electron chi connectivity index (χ4n) is 4.54. The zero-order valence-electron chi connectivity index (χ0n) is 21.0. The maximum Gasteiger partial charge on any atom is 0.418 e. The van der Waals surface area contributed by atoms with Gasteiger partial charge in [-0.15, -0.1) is 0 Å². The second-order valence-electron chi connectivity index (χ2n) is 9.34. The van der Waals surface area contributed by atoms with E-state index in [0.717, 1.165) is 12.1 Å². The summed E-state index contributed by atoms with van der Waals surface area (Å²) in [6.07, 6.45) is -11.8. The topological polar surface area (TPSA) is 94.5 Å². The summed E-state index contributed by atoms with van der Waals surface area (Å²) in [5.41, 5.74) is -6.04. The minimum Gasteiger partial charge on any atom is -0.306 e. The van der Waals surface area contributed by atoms with Crippen molar-refractivity contribution in [1.82, 2.24) is 3.97 Å². The Hall–Kier alpha value is -2.70. The highest BCUT2D eigenvalue weighted by Crippen LogP contribution is 2.47. The molecule has 0 saturated heterocycles. The van der Waals surface area contributed by atoms with E-state index in [4.69, 9.17) is 0 Å². The first-order valence-corrected chi connectivity index (χ1v) is 15.4. The van der Waals surface area contributed by atoms with Crippen molar-refractivity contribution < 1.29 is 56.7 Å².